The minimum Gasteiger partial charge on any atom is -0.469 e. The lowest BCUT2D eigenvalue weighted by atomic mass is 9.73. The van der Waals surface area contributed by atoms with E-state index in [1.807, 2.05) is 28.9 Å². The molecule has 3 amide bonds. The van der Waals surface area contributed by atoms with Crippen LogP contribution in [0.2, 0.25) is 0 Å². The number of carbonyl (C=O) groups is 2. The summed E-state index contributed by atoms with van der Waals surface area (Å²) in [6, 6.07) is 3.69. The molecule has 0 aliphatic carbocycles. The number of likely N-dealkylation sites (tertiary alicyclic amines) is 1. The molecule has 0 N–H and O–H groups in total. The first kappa shape index (κ1) is 19.0. The van der Waals surface area contributed by atoms with Crippen molar-refractivity contribution in [2.75, 3.05) is 33.7 Å². The Morgan fingerprint density at radius 2 is 2.04 bits per heavy atom. The van der Waals surface area contributed by atoms with Gasteiger partial charge >= 0.3 is 6.03 Å². The zero-order valence-corrected chi connectivity index (χ0v) is 17.4. The zero-order chi connectivity index (χ0) is 19.9. The van der Waals surface area contributed by atoms with Gasteiger partial charge in [-0.15, -0.1) is 11.3 Å². The number of furan rings is 1. The summed E-state index contributed by atoms with van der Waals surface area (Å²) < 4.78 is 5.36. The molecule has 1 saturated heterocycles. The lowest BCUT2D eigenvalue weighted by Gasteiger charge is -2.47. The molecule has 2 aromatic rings. The van der Waals surface area contributed by atoms with Gasteiger partial charge in [-0.2, -0.15) is 0 Å². The molecule has 8 heteroatoms. The number of fused-ring (bicyclic) bond motifs is 2. The van der Waals surface area contributed by atoms with E-state index in [2.05, 4.69) is 0 Å². The highest BCUT2D eigenvalue weighted by Crippen LogP contribution is 2.43. The average Bonchev–Trinajstić information content (AvgIpc) is 3.31. The number of hydrogen-bond donors (Lipinski definition) is 0. The van der Waals surface area contributed by atoms with Crippen LogP contribution in [0.3, 0.4) is 0 Å². The Morgan fingerprint density at radius 1 is 1.29 bits per heavy atom. The average molecular weight is 403 g/mol. The van der Waals surface area contributed by atoms with Gasteiger partial charge in [0.05, 0.1) is 29.9 Å². The standard InChI is InChI=1S/C20H26N4O3S/c1-14-21-18-16(28-14)12-24(17(25)11-15-5-4-10-27-15)13-20(18)6-8-23(9-7-20)19(26)22(2)3/h4-5,10H,6-9,11-13H2,1-3H3. The second-order valence-corrected chi connectivity index (χ2v) is 9.24. The third-order valence-electron chi connectivity index (χ3n) is 5.77. The summed E-state index contributed by atoms with van der Waals surface area (Å²) in [4.78, 5) is 36.8. The Hall–Kier alpha value is -2.35. The first-order valence-corrected chi connectivity index (χ1v) is 10.4. The summed E-state index contributed by atoms with van der Waals surface area (Å²) >= 11 is 1.68. The number of hydrogen-bond acceptors (Lipinski definition) is 5. The van der Waals surface area contributed by atoms with Crippen LogP contribution in [-0.2, 0) is 23.2 Å². The van der Waals surface area contributed by atoms with Crippen LogP contribution in [0.1, 0.15) is 34.2 Å². The maximum Gasteiger partial charge on any atom is 0.319 e. The SMILES string of the molecule is Cc1nc2c(s1)CN(C(=O)Cc1ccco1)CC21CCN(C(=O)N(C)C)CC1. The fourth-order valence-corrected chi connectivity index (χ4v) is 5.39. The number of aryl methyl sites for hydroxylation is 1. The van der Waals surface area contributed by atoms with Gasteiger partial charge in [0.25, 0.3) is 0 Å². The van der Waals surface area contributed by atoms with Crippen LogP contribution in [0.5, 0.6) is 0 Å². The van der Waals surface area contributed by atoms with Gasteiger partial charge in [-0.3, -0.25) is 4.79 Å². The van der Waals surface area contributed by atoms with Crippen molar-refractivity contribution in [2.24, 2.45) is 0 Å². The molecule has 28 heavy (non-hydrogen) atoms. The van der Waals surface area contributed by atoms with Crippen molar-refractivity contribution >= 4 is 23.3 Å². The monoisotopic (exact) mass is 402 g/mol. The van der Waals surface area contributed by atoms with E-state index < -0.39 is 0 Å². The molecule has 0 unspecified atom stereocenters. The van der Waals surface area contributed by atoms with Crippen LogP contribution in [0.4, 0.5) is 4.79 Å². The minimum atomic E-state index is -0.166. The third kappa shape index (κ3) is 3.41. The quantitative estimate of drug-likeness (QED) is 0.774. The molecule has 7 nitrogen and oxygen atoms in total. The number of carbonyl (C=O) groups excluding carboxylic acids is 2. The Balaban J connectivity index is 1.56. The van der Waals surface area contributed by atoms with E-state index in [9.17, 15) is 9.59 Å². The van der Waals surface area contributed by atoms with Crippen LogP contribution in [0, 0.1) is 6.92 Å². The molecule has 2 aliphatic heterocycles. The maximum absolute atomic E-state index is 12.9. The number of amides is 3. The predicted molar refractivity (Wildman–Crippen MR) is 106 cm³/mol. The number of aromatic nitrogens is 1. The van der Waals surface area contributed by atoms with Crippen molar-refractivity contribution in [1.82, 2.24) is 19.7 Å². The van der Waals surface area contributed by atoms with Gasteiger partial charge in [-0.1, -0.05) is 0 Å². The molecule has 0 saturated carbocycles. The first-order chi connectivity index (χ1) is 13.4. The van der Waals surface area contributed by atoms with Crippen LogP contribution < -0.4 is 0 Å². The van der Waals surface area contributed by atoms with Crippen molar-refractivity contribution in [2.45, 2.75) is 38.1 Å². The van der Waals surface area contributed by atoms with E-state index in [-0.39, 0.29) is 23.8 Å². The number of piperidine rings is 1. The molecule has 150 valence electrons. The summed E-state index contributed by atoms with van der Waals surface area (Å²) in [5, 5.41) is 1.04. The highest BCUT2D eigenvalue weighted by molar-refractivity contribution is 7.11. The highest BCUT2D eigenvalue weighted by atomic mass is 32.1. The molecular weight excluding hydrogens is 376 g/mol. The molecule has 2 aromatic heterocycles. The van der Waals surface area contributed by atoms with Crippen molar-refractivity contribution in [3.05, 3.63) is 39.7 Å². The van der Waals surface area contributed by atoms with Crippen molar-refractivity contribution in [1.29, 1.82) is 0 Å². The van der Waals surface area contributed by atoms with Gasteiger partial charge in [0.2, 0.25) is 5.91 Å². The van der Waals surface area contributed by atoms with E-state index in [1.54, 1.807) is 36.6 Å². The molecule has 2 aliphatic rings. The summed E-state index contributed by atoms with van der Waals surface area (Å²) in [5.74, 6) is 0.773. The number of nitrogens with zero attached hydrogens (tertiary/aromatic N) is 4. The number of thiazole rings is 1. The van der Waals surface area contributed by atoms with Crippen LogP contribution in [0.15, 0.2) is 22.8 Å². The van der Waals surface area contributed by atoms with E-state index in [0.29, 0.717) is 31.9 Å². The molecule has 0 radical (unpaired) electrons. The Bertz CT molecular complexity index is 866. The second-order valence-electron chi connectivity index (χ2n) is 7.95. The van der Waals surface area contributed by atoms with E-state index in [0.717, 1.165) is 23.5 Å². The Labute approximate surface area is 168 Å². The summed E-state index contributed by atoms with van der Waals surface area (Å²) in [5.41, 5.74) is 0.981. The van der Waals surface area contributed by atoms with Crippen LogP contribution in [0.25, 0.3) is 0 Å². The van der Waals surface area contributed by atoms with E-state index >= 15 is 0 Å². The second kappa shape index (κ2) is 7.24. The van der Waals surface area contributed by atoms with E-state index in [1.165, 1.54) is 4.88 Å². The van der Waals surface area contributed by atoms with E-state index in [4.69, 9.17) is 9.40 Å². The smallest absolute Gasteiger partial charge is 0.319 e. The van der Waals surface area contributed by atoms with Crippen molar-refractivity contribution in [3.63, 3.8) is 0 Å². The number of urea groups is 1. The van der Waals surface area contributed by atoms with Gasteiger partial charge in [0.15, 0.2) is 0 Å². The topological polar surface area (TPSA) is 69.9 Å². The van der Waals surface area contributed by atoms with Gasteiger partial charge in [0.1, 0.15) is 5.76 Å². The number of rotatable bonds is 2. The van der Waals surface area contributed by atoms with Gasteiger partial charge < -0.3 is 19.1 Å². The van der Waals surface area contributed by atoms with Crippen molar-refractivity contribution < 1.29 is 14.0 Å². The molecule has 0 bridgehead atoms. The third-order valence-corrected chi connectivity index (χ3v) is 6.72. The Morgan fingerprint density at radius 3 is 2.68 bits per heavy atom. The summed E-state index contributed by atoms with van der Waals surface area (Å²) in [6.07, 6.45) is 3.53. The van der Waals surface area contributed by atoms with Gasteiger partial charge in [0, 0.05) is 44.0 Å². The van der Waals surface area contributed by atoms with Crippen molar-refractivity contribution in [3.8, 4) is 0 Å². The zero-order valence-electron chi connectivity index (χ0n) is 16.6. The molecule has 4 heterocycles. The first-order valence-electron chi connectivity index (χ1n) is 9.61. The molecule has 1 fully saturated rings. The molecule has 0 atom stereocenters. The molecule has 4 rings (SSSR count). The van der Waals surface area contributed by atoms with Crippen LogP contribution >= 0.6 is 11.3 Å². The minimum absolute atomic E-state index is 0.0473. The summed E-state index contributed by atoms with van der Waals surface area (Å²) in [7, 11) is 3.56. The highest BCUT2D eigenvalue weighted by Gasteiger charge is 2.46. The normalized spacial score (nSPS) is 18.2. The lowest BCUT2D eigenvalue weighted by molar-refractivity contribution is -0.133. The fraction of sp³-hybridized carbons (Fsp3) is 0.550. The predicted octanol–water partition coefficient (Wildman–Crippen LogP) is 2.64. The lowest BCUT2D eigenvalue weighted by Crippen LogP contribution is -2.55. The van der Waals surface area contributed by atoms with Gasteiger partial charge in [-0.05, 0) is 31.9 Å². The fourth-order valence-electron chi connectivity index (χ4n) is 4.31. The summed E-state index contributed by atoms with van der Waals surface area (Å²) in [6.45, 7) is 4.67. The van der Waals surface area contributed by atoms with Crippen LogP contribution in [-0.4, -0.2) is 65.4 Å². The van der Waals surface area contributed by atoms with Gasteiger partial charge in [-0.25, -0.2) is 9.78 Å². The Kier molecular flexibility index (Phi) is 4.91. The molecule has 0 aromatic carbocycles. The maximum atomic E-state index is 12.9. The molecular formula is C20H26N4O3S. The molecule has 1 spiro atoms. The largest absolute Gasteiger partial charge is 0.469 e.